The molecule has 1 saturated carbocycles. The number of likely N-dealkylation sites (tertiary alicyclic amines) is 1. The van der Waals surface area contributed by atoms with Crippen LogP contribution in [0.4, 0.5) is 18.9 Å². The van der Waals surface area contributed by atoms with Crippen LogP contribution in [-0.4, -0.2) is 35.9 Å². The predicted molar refractivity (Wildman–Crippen MR) is 133 cm³/mol. The second-order valence-corrected chi connectivity index (χ2v) is 10.5. The molecule has 2 unspecified atom stereocenters. The molecule has 1 aliphatic carbocycles. The van der Waals surface area contributed by atoms with E-state index < -0.39 is 11.7 Å². The maximum Gasteiger partial charge on any atom is 0.416 e. The number of anilines is 1. The Labute approximate surface area is 206 Å². The normalized spacial score (nSPS) is 23.3. The van der Waals surface area contributed by atoms with Gasteiger partial charge in [-0.1, -0.05) is 55.7 Å². The third-order valence-electron chi connectivity index (χ3n) is 8.39. The average molecular weight is 485 g/mol. The lowest BCUT2D eigenvalue weighted by Gasteiger charge is -2.44. The van der Waals surface area contributed by atoms with Crippen molar-refractivity contribution >= 4 is 11.5 Å². The van der Waals surface area contributed by atoms with Crippen LogP contribution >= 0.6 is 0 Å². The smallest absolute Gasteiger partial charge is 0.380 e. The van der Waals surface area contributed by atoms with E-state index >= 15 is 0 Å². The Morgan fingerprint density at radius 1 is 0.886 bits per heavy atom. The number of nitrogens with zero attached hydrogens (tertiary/aromatic N) is 1. The number of para-hydroxylation sites is 1. The van der Waals surface area contributed by atoms with Crippen molar-refractivity contribution in [3.63, 3.8) is 0 Å². The number of benzene rings is 2. The van der Waals surface area contributed by atoms with Gasteiger partial charge in [0.1, 0.15) is 0 Å². The van der Waals surface area contributed by atoms with Crippen LogP contribution in [0.25, 0.3) is 0 Å². The highest BCUT2D eigenvalue weighted by Gasteiger charge is 2.41. The van der Waals surface area contributed by atoms with E-state index in [2.05, 4.69) is 28.4 Å². The highest BCUT2D eigenvalue weighted by Crippen LogP contribution is 2.40. The third-order valence-corrected chi connectivity index (χ3v) is 8.39. The number of Topliss-reactive ketones (excluding diaryl/α,β-unsaturated/α-hetero) is 1. The van der Waals surface area contributed by atoms with Gasteiger partial charge in [0, 0.05) is 17.6 Å². The Bertz CT molecular complexity index is 1020. The van der Waals surface area contributed by atoms with Gasteiger partial charge >= 0.3 is 6.18 Å². The van der Waals surface area contributed by atoms with Gasteiger partial charge in [-0.25, -0.2) is 0 Å². The molecule has 35 heavy (non-hydrogen) atoms. The van der Waals surface area contributed by atoms with Crippen molar-refractivity contribution in [3.05, 3.63) is 65.2 Å². The zero-order chi connectivity index (χ0) is 24.4. The second-order valence-electron chi connectivity index (χ2n) is 10.5. The lowest BCUT2D eigenvalue weighted by atomic mass is 9.78. The van der Waals surface area contributed by atoms with E-state index in [1.54, 1.807) is 12.1 Å². The van der Waals surface area contributed by atoms with Crippen LogP contribution in [0.2, 0.25) is 0 Å². The van der Waals surface area contributed by atoms with Crippen molar-refractivity contribution in [1.29, 1.82) is 0 Å². The summed E-state index contributed by atoms with van der Waals surface area (Å²) in [6.07, 6.45) is 4.15. The number of carbonyl (C=O) groups excluding carboxylic acids is 1. The first kappa shape index (κ1) is 24.4. The van der Waals surface area contributed by atoms with Crippen LogP contribution in [0.1, 0.15) is 74.0 Å². The molecular weight excluding hydrogens is 449 g/mol. The molecule has 2 aromatic carbocycles. The number of halogens is 3. The monoisotopic (exact) mass is 484 g/mol. The van der Waals surface area contributed by atoms with Gasteiger partial charge in [-0.05, 0) is 80.8 Å². The molecule has 0 amide bonds. The maximum absolute atomic E-state index is 13.9. The van der Waals surface area contributed by atoms with Gasteiger partial charge in [0.15, 0.2) is 5.78 Å². The molecule has 5 rings (SSSR count). The lowest BCUT2D eigenvalue weighted by molar-refractivity contribution is -0.138. The standard InChI is InChI=1S/C29H35F3N2O/c30-29(31,32)24-12-6-5-11-23(24)20-16-18-34(19-17-20)27(28(35)22-9-2-1-3-10-22)26-15-14-21-8-4-7-13-25(21)33-26/h4-8,11-13,20,22,26-27,33H,1-3,9-10,14-19H2. The van der Waals surface area contributed by atoms with E-state index in [9.17, 15) is 18.0 Å². The number of rotatable bonds is 5. The van der Waals surface area contributed by atoms with E-state index in [-0.39, 0.29) is 23.9 Å². The summed E-state index contributed by atoms with van der Waals surface area (Å²) in [6, 6.07) is 14.1. The minimum atomic E-state index is -4.34. The molecule has 0 bridgehead atoms. The zero-order valence-electron chi connectivity index (χ0n) is 20.2. The van der Waals surface area contributed by atoms with Gasteiger partial charge in [-0.15, -0.1) is 0 Å². The summed E-state index contributed by atoms with van der Waals surface area (Å²) < 4.78 is 40.9. The molecule has 1 saturated heterocycles. The average Bonchev–Trinajstić information content (AvgIpc) is 2.89. The first-order chi connectivity index (χ1) is 16.9. The molecule has 2 heterocycles. The highest BCUT2D eigenvalue weighted by atomic mass is 19.4. The summed E-state index contributed by atoms with van der Waals surface area (Å²) in [7, 11) is 0. The van der Waals surface area contributed by atoms with Crippen LogP contribution in [0.15, 0.2) is 48.5 Å². The van der Waals surface area contributed by atoms with Gasteiger partial charge in [0.25, 0.3) is 0 Å². The molecule has 6 heteroatoms. The number of hydrogen-bond donors (Lipinski definition) is 1. The van der Waals surface area contributed by atoms with Crippen molar-refractivity contribution in [1.82, 2.24) is 4.90 Å². The minimum absolute atomic E-state index is 0.0401. The molecule has 2 atom stereocenters. The molecule has 1 N–H and O–H groups in total. The van der Waals surface area contributed by atoms with Gasteiger partial charge < -0.3 is 5.32 Å². The largest absolute Gasteiger partial charge is 0.416 e. The van der Waals surface area contributed by atoms with Crippen molar-refractivity contribution in [3.8, 4) is 0 Å². The molecule has 2 aliphatic heterocycles. The van der Waals surface area contributed by atoms with E-state index in [1.165, 1.54) is 24.1 Å². The molecule has 188 valence electrons. The quantitative estimate of drug-likeness (QED) is 0.505. The minimum Gasteiger partial charge on any atom is -0.380 e. The van der Waals surface area contributed by atoms with Gasteiger partial charge in [-0.3, -0.25) is 9.69 Å². The number of aryl methyl sites for hydroxylation is 1. The van der Waals surface area contributed by atoms with E-state index in [1.807, 2.05) is 6.07 Å². The Kier molecular flexibility index (Phi) is 7.19. The number of piperidine rings is 1. The third kappa shape index (κ3) is 5.28. The molecule has 0 spiro atoms. The van der Waals surface area contributed by atoms with Gasteiger partial charge in [0.2, 0.25) is 0 Å². The number of nitrogens with one attached hydrogen (secondary N) is 1. The maximum atomic E-state index is 13.9. The van der Waals surface area contributed by atoms with Crippen LogP contribution in [0.5, 0.6) is 0 Å². The fourth-order valence-corrected chi connectivity index (χ4v) is 6.56. The summed E-state index contributed by atoms with van der Waals surface area (Å²) in [5, 5.41) is 3.68. The van der Waals surface area contributed by atoms with E-state index in [0.29, 0.717) is 37.3 Å². The van der Waals surface area contributed by atoms with Crippen LogP contribution in [0.3, 0.4) is 0 Å². The first-order valence-corrected chi connectivity index (χ1v) is 13.2. The number of hydrogen-bond acceptors (Lipinski definition) is 3. The van der Waals surface area contributed by atoms with Gasteiger partial charge in [0.05, 0.1) is 11.6 Å². The van der Waals surface area contributed by atoms with Crippen molar-refractivity contribution in [2.24, 2.45) is 5.92 Å². The molecule has 0 radical (unpaired) electrons. The van der Waals surface area contributed by atoms with Crippen molar-refractivity contribution in [2.75, 3.05) is 18.4 Å². The van der Waals surface area contributed by atoms with Crippen molar-refractivity contribution < 1.29 is 18.0 Å². The van der Waals surface area contributed by atoms with Crippen molar-refractivity contribution in [2.45, 2.75) is 82.0 Å². The highest BCUT2D eigenvalue weighted by molar-refractivity contribution is 5.88. The Morgan fingerprint density at radius 2 is 1.57 bits per heavy atom. The van der Waals surface area contributed by atoms with Crippen LogP contribution in [-0.2, 0) is 17.4 Å². The summed E-state index contributed by atoms with van der Waals surface area (Å²) in [4.78, 5) is 16.2. The second kappa shape index (κ2) is 10.3. The molecule has 2 fully saturated rings. The topological polar surface area (TPSA) is 32.3 Å². The Hall–Kier alpha value is -2.34. The molecule has 2 aromatic rings. The van der Waals surface area contributed by atoms with Crippen LogP contribution in [0, 0.1) is 5.92 Å². The van der Waals surface area contributed by atoms with E-state index in [4.69, 9.17) is 0 Å². The number of ketones is 1. The molecule has 0 aromatic heterocycles. The first-order valence-electron chi connectivity index (χ1n) is 13.2. The SMILES string of the molecule is O=C(C1CCCCC1)C(C1CCc2ccccc2N1)N1CCC(c2ccccc2C(F)(F)F)CC1. The summed E-state index contributed by atoms with van der Waals surface area (Å²) in [5.74, 6) is 0.321. The number of carbonyl (C=O) groups is 1. The molecule has 3 nitrogen and oxygen atoms in total. The van der Waals surface area contributed by atoms with E-state index in [0.717, 1.165) is 44.2 Å². The number of fused-ring (bicyclic) bond motifs is 1. The zero-order valence-corrected chi connectivity index (χ0v) is 20.2. The summed E-state index contributed by atoms with van der Waals surface area (Å²) >= 11 is 0. The Balaban J connectivity index is 1.35. The lowest BCUT2D eigenvalue weighted by Crippen LogP contribution is -2.56. The molecular formula is C29H35F3N2O. The fourth-order valence-electron chi connectivity index (χ4n) is 6.56. The number of alkyl halides is 3. The summed E-state index contributed by atoms with van der Waals surface area (Å²) in [5.41, 5.74) is 2.28. The summed E-state index contributed by atoms with van der Waals surface area (Å²) in [6.45, 7) is 1.31. The predicted octanol–water partition coefficient (Wildman–Crippen LogP) is 6.83. The molecule has 3 aliphatic rings. The van der Waals surface area contributed by atoms with Crippen LogP contribution < -0.4 is 5.32 Å². The fraction of sp³-hybridized carbons (Fsp3) is 0.552. The Morgan fingerprint density at radius 3 is 2.31 bits per heavy atom. The van der Waals surface area contributed by atoms with Gasteiger partial charge in [-0.2, -0.15) is 13.2 Å².